The van der Waals surface area contributed by atoms with Crippen LogP contribution in [0.1, 0.15) is 50.7 Å². The molecule has 0 spiro atoms. The molecule has 2 aliphatic rings. The van der Waals surface area contributed by atoms with Gasteiger partial charge in [-0.1, -0.05) is 70.3 Å². The van der Waals surface area contributed by atoms with Crippen molar-refractivity contribution in [2.24, 2.45) is 25.9 Å². The molecule has 4 heterocycles. The Hall–Kier alpha value is -5.17. The summed E-state index contributed by atoms with van der Waals surface area (Å²) in [6.45, 7) is 5.95. The zero-order valence-corrected chi connectivity index (χ0v) is 41.5. The second-order valence-corrected chi connectivity index (χ2v) is 19.4. The van der Waals surface area contributed by atoms with E-state index in [1.165, 1.54) is 23.9 Å². The van der Waals surface area contributed by atoms with Gasteiger partial charge in [-0.3, -0.25) is 19.2 Å². The van der Waals surface area contributed by atoms with Gasteiger partial charge in [0.05, 0.1) is 45.1 Å². The summed E-state index contributed by atoms with van der Waals surface area (Å²) in [5.41, 5.74) is 6.44. The summed E-state index contributed by atoms with van der Waals surface area (Å²) in [4.78, 5) is 56.6. The first-order valence-electron chi connectivity index (χ1n) is 22.4. The molecule has 0 N–H and O–H groups in total. The molecule has 6 aromatic rings. The highest BCUT2D eigenvalue weighted by Gasteiger charge is 2.29. The number of benzene rings is 4. The molecule has 348 valence electrons. The van der Waals surface area contributed by atoms with Crippen molar-refractivity contribution < 1.29 is 28.7 Å². The molecular weight excluding hydrogens is 950 g/mol. The Morgan fingerprint density at radius 1 is 0.582 bits per heavy atom. The molecule has 0 unspecified atom stereocenters. The number of amides is 2. The fourth-order valence-corrected chi connectivity index (χ4v) is 11.1. The summed E-state index contributed by atoms with van der Waals surface area (Å²) in [6.07, 6.45) is 12.6. The lowest BCUT2D eigenvalue weighted by molar-refractivity contribution is -0.151. The third-order valence-electron chi connectivity index (χ3n) is 12.7. The van der Waals surface area contributed by atoms with Gasteiger partial charge in [-0.15, -0.1) is 0 Å². The van der Waals surface area contributed by atoms with Crippen LogP contribution in [0.15, 0.2) is 95.0 Å². The SMILES string of the molecule is CCOC(=O)C1CCN(C(=O)/C=C/c2c(-c3ccc4c(ccn4C)c3)cc(Sc3cc(-c4ccc5c(ccn5C)c4)c(/C=C/C(=O)N4CCC(C(=O)OCC)CC4)c(Cl)c3Cl)c(Cl)c2Cl)CC1. The Balaban J connectivity index is 1.15. The van der Waals surface area contributed by atoms with Gasteiger partial charge < -0.3 is 28.4 Å². The number of esters is 2. The van der Waals surface area contributed by atoms with E-state index in [4.69, 9.17) is 55.9 Å². The fourth-order valence-electron chi connectivity index (χ4n) is 8.91. The van der Waals surface area contributed by atoms with Crippen molar-refractivity contribution in [3.05, 3.63) is 116 Å². The minimum Gasteiger partial charge on any atom is -0.466 e. The molecule has 4 aromatic carbocycles. The average molecular weight is 1000 g/mol. The number of piperidine rings is 2. The Labute approximate surface area is 414 Å². The quantitative estimate of drug-likeness (QED) is 0.0888. The van der Waals surface area contributed by atoms with E-state index >= 15 is 0 Å². The van der Waals surface area contributed by atoms with Crippen LogP contribution in [0.5, 0.6) is 0 Å². The largest absolute Gasteiger partial charge is 0.466 e. The van der Waals surface area contributed by atoms with Crippen molar-refractivity contribution in [2.45, 2.75) is 49.3 Å². The highest BCUT2D eigenvalue weighted by Crippen LogP contribution is 2.49. The van der Waals surface area contributed by atoms with Crippen LogP contribution in [-0.2, 0) is 42.7 Å². The van der Waals surface area contributed by atoms with Gasteiger partial charge in [0, 0.05) is 108 Å². The summed E-state index contributed by atoms with van der Waals surface area (Å²) < 4.78 is 14.5. The predicted molar refractivity (Wildman–Crippen MR) is 271 cm³/mol. The second kappa shape index (κ2) is 21.0. The zero-order chi connectivity index (χ0) is 47.5. The molecule has 0 aliphatic carbocycles. The molecule has 2 saturated heterocycles. The monoisotopic (exact) mass is 998 g/mol. The molecule has 2 amide bonds. The number of carbonyl (C=O) groups is 4. The molecule has 2 aliphatic heterocycles. The molecule has 8 rings (SSSR count). The van der Waals surface area contributed by atoms with Crippen molar-refractivity contribution in [2.75, 3.05) is 39.4 Å². The van der Waals surface area contributed by atoms with Gasteiger partial charge in [0.25, 0.3) is 0 Å². The third-order valence-corrected chi connectivity index (χ3v) is 15.7. The number of rotatable bonds is 12. The third kappa shape index (κ3) is 10.3. The Morgan fingerprint density at radius 3 is 1.34 bits per heavy atom. The van der Waals surface area contributed by atoms with Crippen molar-refractivity contribution in [1.82, 2.24) is 18.9 Å². The molecular formula is C52H50Cl4N4O6S. The van der Waals surface area contributed by atoms with Crippen LogP contribution in [0, 0.1) is 11.8 Å². The molecule has 67 heavy (non-hydrogen) atoms. The smallest absolute Gasteiger partial charge is 0.309 e. The zero-order valence-electron chi connectivity index (χ0n) is 37.6. The number of ether oxygens (including phenoxy) is 2. The first kappa shape index (κ1) is 48.3. The van der Waals surface area contributed by atoms with E-state index < -0.39 is 0 Å². The van der Waals surface area contributed by atoms with Crippen LogP contribution in [-0.4, -0.2) is 82.1 Å². The van der Waals surface area contributed by atoms with E-state index in [0.29, 0.717) is 86.0 Å². The molecule has 0 radical (unpaired) electrons. The number of carbonyl (C=O) groups excluding carboxylic acids is 4. The maximum Gasteiger partial charge on any atom is 0.309 e. The van der Waals surface area contributed by atoms with Crippen molar-refractivity contribution in [3.63, 3.8) is 0 Å². The fraction of sp³-hybridized carbons (Fsp3) is 0.308. The summed E-state index contributed by atoms with van der Waals surface area (Å²) >= 11 is 30.2. The van der Waals surface area contributed by atoms with E-state index in [9.17, 15) is 19.2 Å². The Morgan fingerprint density at radius 2 is 0.970 bits per heavy atom. The minimum absolute atomic E-state index is 0.200. The summed E-state index contributed by atoms with van der Waals surface area (Å²) in [5, 5.41) is 3.07. The van der Waals surface area contributed by atoms with Gasteiger partial charge in [0.1, 0.15) is 0 Å². The maximum absolute atomic E-state index is 13.6. The Kier molecular flexibility index (Phi) is 15.1. The molecule has 0 atom stereocenters. The predicted octanol–water partition coefficient (Wildman–Crippen LogP) is 12.4. The number of nitrogens with zero attached hydrogens (tertiary/aromatic N) is 4. The number of aryl methyl sites for hydroxylation is 2. The van der Waals surface area contributed by atoms with Gasteiger partial charge in [0.2, 0.25) is 11.8 Å². The van der Waals surface area contributed by atoms with E-state index in [-0.39, 0.29) is 55.7 Å². The molecule has 2 fully saturated rings. The van der Waals surface area contributed by atoms with Crippen molar-refractivity contribution in [1.29, 1.82) is 0 Å². The van der Waals surface area contributed by atoms with Gasteiger partial charge in [-0.25, -0.2) is 0 Å². The number of halogens is 4. The summed E-state index contributed by atoms with van der Waals surface area (Å²) in [7, 11) is 3.98. The average Bonchev–Trinajstić information content (AvgIpc) is 3.91. The minimum atomic E-state index is -0.228. The lowest BCUT2D eigenvalue weighted by Gasteiger charge is -2.30. The van der Waals surface area contributed by atoms with Gasteiger partial charge in [-0.05, 0) is 122 Å². The van der Waals surface area contributed by atoms with Crippen LogP contribution in [0.25, 0.3) is 56.2 Å². The first-order valence-corrected chi connectivity index (χ1v) is 24.7. The van der Waals surface area contributed by atoms with Crippen molar-refractivity contribution >= 4 is 116 Å². The molecule has 0 saturated carbocycles. The van der Waals surface area contributed by atoms with Crippen LogP contribution in [0.4, 0.5) is 0 Å². The second-order valence-electron chi connectivity index (χ2n) is 16.8. The van der Waals surface area contributed by atoms with E-state index in [1.54, 1.807) is 35.8 Å². The summed E-state index contributed by atoms with van der Waals surface area (Å²) in [5.74, 6) is -1.30. The first-order chi connectivity index (χ1) is 32.3. The highest BCUT2D eigenvalue weighted by atomic mass is 35.5. The van der Waals surface area contributed by atoms with E-state index in [1.807, 2.05) is 84.2 Å². The number of likely N-dealkylation sites (tertiary alicyclic amines) is 2. The summed E-state index contributed by atoms with van der Waals surface area (Å²) in [6, 6.07) is 20.3. The lowest BCUT2D eigenvalue weighted by atomic mass is 9.96. The van der Waals surface area contributed by atoms with Gasteiger partial charge in [0.15, 0.2) is 0 Å². The molecule has 0 bridgehead atoms. The van der Waals surface area contributed by atoms with Crippen LogP contribution in [0.2, 0.25) is 20.1 Å². The topological polar surface area (TPSA) is 103 Å². The van der Waals surface area contributed by atoms with Crippen LogP contribution >= 0.6 is 58.2 Å². The van der Waals surface area contributed by atoms with E-state index in [0.717, 1.165) is 44.1 Å². The van der Waals surface area contributed by atoms with Crippen molar-refractivity contribution in [3.8, 4) is 22.3 Å². The lowest BCUT2D eigenvalue weighted by Crippen LogP contribution is -2.39. The molecule has 15 heteroatoms. The number of fused-ring (bicyclic) bond motifs is 2. The maximum atomic E-state index is 13.6. The number of hydrogen-bond donors (Lipinski definition) is 0. The Bertz CT molecular complexity index is 2760. The van der Waals surface area contributed by atoms with Gasteiger partial charge in [-0.2, -0.15) is 0 Å². The van der Waals surface area contributed by atoms with Crippen LogP contribution in [0.3, 0.4) is 0 Å². The number of aromatic nitrogens is 2. The normalized spacial score (nSPS) is 15.1. The molecule has 10 nitrogen and oxygen atoms in total. The van der Waals surface area contributed by atoms with E-state index in [2.05, 4.69) is 12.1 Å². The number of hydrogen-bond acceptors (Lipinski definition) is 7. The van der Waals surface area contributed by atoms with Crippen LogP contribution < -0.4 is 0 Å². The highest BCUT2D eigenvalue weighted by molar-refractivity contribution is 7.99. The standard InChI is InChI=1S/C52H50Cl4N4O6S/c1-5-65-51(63)31-17-23-59(24-18-31)45(61)13-9-37-39(33-7-11-41-35(27-33)15-21-57(41)3)29-43(49(55)47(37)53)67-44-30-40(34-8-12-42-36(28-34)16-22-58(42)4)38(48(54)50(44)56)10-14-46(62)60-25-19-32(20-26-60)52(64)66-6-2/h7-16,21-22,27-32H,5-6,17-20,23-26H2,1-4H3/b13-9+,14-10+. The van der Waals surface area contributed by atoms with Gasteiger partial charge >= 0.3 is 11.9 Å². The molecule has 2 aromatic heterocycles.